The third-order valence-electron chi connectivity index (χ3n) is 3.76. The van der Waals surface area contributed by atoms with Gasteiger partial charge in [0.1, 0.15) is 0 Å². The Balaban J connectivity index is 0.000000480. The van der Waals surface area contributed by atoms with Crippen LogP contribution in [0.3, 0.4) is 0 Å². The predicted octanol–water partition coefficient (Wildman–Crippen LogP) is -0.349. The maximum Gasteiger partial charge on any atom is 1.00 e. The Bertz CT molecular complexity index is 96.4. The molecule has 0 aromatic carbocycles. The molecule has 0 aromatic rings. The van der Waals surface area contributed by atoms with Gasteiger partial charge in [-0.1, -0.05) is 25.7 Å². The van der Waals surface area contributed by atoms with Crippen molar-refractivity contribution in [1.29, 1.82) is 0 Å². The molecule has 0 spiro atoms. The summed E-state index contributed by atoms with van der Waals surface area (Å²) in [5.41, 5.74) is 0. The third-order valence-corrected chi connectivity index (χ3v) is 3.76. The smallest absolute Gasteiger partial charge is 0.322 e. The van der Waals surface area contributed by atoms with Gasteiger partial charge in [0.15, 0.2) is 0 Å². The fraction of sp³-hybridized carbons (Fsp3) is 0.900. The van der Waals surface area contributed by atoms with Gasteiger partial charge in [0.05, 0.1) is 0 Å². The summed E-state index contributed by atoms with van der Waals surface area (Å²) in [6.07, 6.45) is 10.4. The Morgan fingerprint density at radius 2 is 1.18 bits per heavy atom. The molecule has 0 aromatic heterocycles. The van der Waals surface area contributed by atoms with Gasteiger partial charge in [-0.15, -0.1) is 0 Å². The first-order chi connectivity index (χ1) is 4.90. The van der Waals surface area contributed by atoms with E-state index in [4.69, 9.17) is 0 Å². The standard InChI is InChI=1S/C10H15.Li/c1-7-2-9-4-8(1)5-10(3-7)6-9;/h1,7-10H,2-6H2;/q-1;+1. The van der Waals surface area contributed by atoms with Gasteiger partial charge >= 0.3 is 18.9 Å². The number of hydrogen-bond donors (Lipinski definition) is 0. The van der Waals surface area contributed by atoms with Crippen LogP contribution >= 0.6 is 0 Å². The zero-order valence-electron chi connectivity index (χ0n) is 7.42. The van der Waals surface area contributed by atoms with Crippen molar-refractivity contribution in [3.63, 3.8) is 0 Å². The largest absolute Gasteiger partial charge is 1.00 e. The number of rotatable bonds is 0. The zero-order chi connectivity index (χ0) is 6.55. The van der Waals surface area contributed by atoms with Crippen LogP contribution < -0.4 is 18.9 Å². The van der Waals surface area contributed by atoms with Gasteiger partial charge in [-0.2, -0.15) is 11.8 Å². The summed E-state index contributed by atoms with van der Waals surface area (Å²) >= 11 is 0. The fourth-order valence-electron chi connectivity index (χ4n) is 3.65. The molecule has 0 N–H and O–H groups in total. The van der Waals surface area contributed by atoms with E-state index < -0.39 is 0 Å². The summed E-state index contributed by atoms with van der Waals surface area (Å²) in [5.74, 6) is 4.40. The van der Waals surface area contributed by atoms with Crippen molar-refractivity contribution in [3.8, 4) is 0 Å². The monoisotopic (exact) mass is 142 g/mol. The summed E-state index contributed by atoms with van der Waals surface area (Å²) in [7, 11) is 0. The Labute approximate surface area is 81.3 Å². The molecule has 4 rings (SSSR count). The second-order valence-corrected chi connectivity index (χ2v) is 4.62. The van der Waals surface area contributed by atoms with E-state index in [0.717, 1.165) is 23.7 Å². The molecule has 4 aliphatic rings. The van der Waals surface area contributed by atoms with E-state index in [2.05, 4.69) is 6.42 Å². The summed E-state index contributed by atoms with van der Waals surface area (Å²) in [6.45, 7) is 0. The van der Waals surface area contributed by atoms with E-state index in [1.54, 1.807) is 32.1 Å². The van der Waals surface area contributed by atoms with E-state index in [0.29, 0.717) is 0 Å². The van der Waals surface area contributed by atoms with Crippen molar-refractivity contribution in [2.45, 2.75) is 32.1 Å². The summed E-state index contributed by atoms with van der Waals surface area (Å²) in [6, 6.07) is 0. The van der Waals surface area contributed by atoms with Crippen LogP contribution in [-0.2, 0) is 0 Å². The molecule has 0 saturated heterocycles. The van der Waals surface area contributed by atoms with Crippen LogP contribution in [0.1, 0.15) is 32.1 Å². The van der Waals surface area contributed by atoms with Gasteiger partial charge in [-0.05, 0) is 18.3 Å². The molecule has 4 aliphatic carbocycles. The van der Waals surface area contributed by atoms with Crippen molar-refractivity contribution in [2.75, 3.05) is 0 Å². The summed E-state index contributed by atoms with van der Waals surface area (Å²) < 4.78 is 0. The molecule has 4 fully saturated rings. The predicted molar refractivity (Wildman–Crippen MR) is 41.3 cm³/mol. The number of hydrogen-bond acceptors (Lipinski definition) is 0. The molecule has 0 heterocycles. The second-order valence-electron chi connectivity index (χ2n) is 4.62. The first kappa shape index (κ1) is 8.21. The molecular weight excluding hydrogens is 127 g/mol. The van der Waals surface area contributed by atoms with E-state index in [1.165, 1.54) is 0 Å². The Morgan fingerprint density at radius 3 is 1.55 bits per heavy atom. The van der Waals surface area contributed by atoms with Gasteiger partial charge < -0.3 is 6.42 Å². The molecule has 11 heavy (non-hydrogen) atoms. The van der Waals surface area contributed by atoms with Crippen LogP contribution in [-0.4, -0.2) is 0 Å². The molecule has 0 nitrogen and oxygen atoms in total. The van der Waals surface area contributed by atoms with Crippen molar-refractivity contribution in [1.82, 2.24) is 0 Å². The van der Waals surface area contributed by atoms with E-state index in [9.17, 15) is 0 Å². The van der Waals surface area contributed by atoms with Crippen LogP contribution in [0.5, 0.6) is 0 Å². The molecule has 0 aliphatic heterocycles. The van der Waals surface area contributed by atoms with Crippen molar-refractivity contribution >= 4 is 0 Å². The van der Waals surface area contributed by atoms with E-state index >= 15 is 0 Å². The van der Waals surface area contributed by atoms with Crippen molar-refractivity contribution in [3.05, 3.63) is 6.42 Å². The molecule has 0 amide bonds. The van der Waals surface area contributed by atoms with Gasteiger partial charge in [0.25, 0.3) is 0 Å². The maximum atomic E-state index is 2.66. The van der Waals surface area contributed by atoms with Gasteiger partial charge in [-0.3, -0.25) is 0 Å². The minimum absolute atomic E-state index is 0. The molecule has 0 unspecified atom stereocenters. The van der Waals surface area contributed by atoms with Gasteiger partial charge in [0.2, 0.25) is 0 Å². The van der Waals surface area contributed by atoms with Crippen LogP contribution in [0.25, 0.3) is 0 Å². The molecule has 4 saturated carbocycles. The molecule has 1 heteroatoms. The molecule has 0 atom stereocenters. The Hall–Kier alpha value is 0.597. The van der Waals surface area contributed by atoms with Crippen LogP contribution in [0, 0.1) is 30.1 Å². The first-order valence-electron chi connectivity index (χ1n) is 4.75. The van der Waals surface area contributed by atoms with Crippen molar-refractivity contribution < 1.29 is 18.9 Å². The normalized spacial score (nSPS) is 52.4. The summed E-state index contributed by atoms with van der Waals surface area (Å²) in [4.78, 5) is 0. The summed E-state index contributed by atoms with van der Waals surface area (Å²) in [5, 5.41) is 0. The zero-order valence-corrected chi connectivity index (χ0v) is 7.42. The molecule has 56 valence electrons. The van der Waals surface area contributed by atoms with Crippen LogP contribution in [0.4, 0.5) is 0 Å². The molecule has 4 bridgehead atoms. The third kappa shape index (κ3) is 1.29. The van der Waals surface area contributed by atoms with Crippen LogP contribution in [0.2, 0.25) is 0 Å². The van der Waals surface area contributed by atoms with E-state index in [-0.39, 0.29) is 18.9 Å². The topological polar surface area (TPSA) is 0 Å². The minimum Gasteiger partial charge on any atom is -0.322 e. The first-order valence-corrected chi connectivity index (χ1v) is 4.75. The minimum atomic E-state index is 0. The van der Waals surface area contributed by atoms with Crippen molar-refractivity contribution in [2.24, 2.45) is 23.7 Å². The molecular formula is C10H15Li. The van der Waals surface area contributed by atoms with Crippen LogP contribution in [0.15, 0.2) is 0 Å². The average molecular weight is 142 g/mol. The van der Waals surface area contributed by atoms with E-state index in [1.807, 2.05) is 0 Å². The average Bonchev–Trinajstić information content (AvgIpc) is 1.82. The van der Waals surface area contributed by atoms with Gasteiger partial charge in [0, 0.05) is 0 Å². The SMILES string of the molecule is [CH-]1C2CC3CC1CC(C2)C3.[Li+]. The Kier molecular flexibility index (Phi) is 2.11. The second kappa shape index (κ2) is 2.82. The molecule has 0 radical (unpaired) electrons. The quantitative estimate of drug-likeness (QED) is 0.320. The van der Waals surface area contributed by atoms with Gasteiger partial charge in [-0.25, -0.2) is 0 Å². The fourth-order valence-corrected chi connectivity index (χ4v) is 3.65. The maximum absolute atomic E-state index is 2.66. The Morgan fingerprint density at radius 1 is 0.727 bits per heavy atom.